The van der Waals surface area contributed by atoms with Gasteiger partial charge in [0.15, 0.2) is 0 Å². The Labute approximate surface area is 235 Å². The van der Waals surface area contributed by atoms with Crippen molar-refractivity contribution in [3.8, 4) is 5.75 Å². The Kier molecular flexibility index (Phi) is 10.3. The summed E-state index contributed by atoms with van der Waals surface area (Å²) >= 11 is 0. The van der Waals surface area contributed by atoms with Crippen molar-refractivity contribution in [2.75, 3.05) is 38.5 Å². The van der Waals surface area contributed by atoms with Crippen molar-refractivity contribution in [2.45, 2.75) is 44.7 Å². The molecule has 0 unspecified atom stereocenters. The molecule has 41 heavy (non-hydrogen) atoms. The summed E-state index contributed by atoms with van der Waals surface area (Å²) in [6.07, 6.45) is 0.180. The third-order valence-corrected chi connectivity index (χ3v) is 6.74. The molecule has 0 saturated carbocycles. The van der Waals surface area contributed by atoms with Crippen molar-refractivity contribution >= 4 is 29.3 Å². The minimum Gasteiger partial charge on any atom is -0.508 e. The third kappa shape index (κ3) is 8.19. The Balaban J connectivity index is 1.65. The van der Waals surface area contributed by atoms with Gasteiger partial charge in [-0.1, -0.05) is 25.1 Å². The predicted octanol–water partition coefficient (Wildman–Crippen LogP) is 1.98. The number of piperazine rings is 1. The fourth-order valence-corrected chi connectivity index (χ4v) is 4.19. The Morgan fingerprint density at radius 1 is 1.02 bits per heavy atom. The number of aromatic hydroxyl groups is 1. The van der Waals surface area contributed by atoms with Gasteiger partial charge in [-0.2, -0.15) is 8.78 Å². The topological polar surface area (TPSA) is 131 Å². The first-order valence-corrected chi connectivity index (χ1v) is 13.2. The maximum atomic E-state index is 14.9. The molecule has 0 radical (unpaired) electrons. The van der Waals surface area contributed by atoms with Crippen molar-refractivity contribution in [2.24, 2.45) is 0 Å². The van der Waals surface area contributed by atoms with E-state index in [2.05, 4.69) is 15.5 Å². The normalized spacial score (nSPS) is 15.5. The molecule has 0 aromatic heterocycles. The Morgan fingerprint density at radius 3 is 2.32 bits per heavy atom. The summed E-state index contributed by atoms with van der Waals surface area (Å²) in [5, 5.41) is 16.3. The minimum atomic E-state index is -4.04. The second kappa shape index (κ2) is 13.5. The molecule has 4 amide bonds. The van der Waals surface area contributed by atoms with Crippen LogP contribution in [0, 0.1) is 5.82 Å². The number of nitrogens with zero attached hydrogens (tertiary/aromatic N) is 2. The number of nitrogens with one attached hydrogen (secondary N) is 3. The predicted molar refractivity (Wildman–Crippen MR) is 145 cm³/mol. The molecule has 1 saturated heterocycles. The van der Waals surface area contributed by atoms with Gasteiger partial charge in [-0.25, -0.2) is 4.39 Å². The van der Waals surface area contributed by atoms with Gasteiger partial charge in [0.05, 0.1) is 5.69 Å². The van der Waals surface area contributed by atoms with E-state index in [-0.39, 0.29) is 30.3 Å². The number of halogens is 3. The smallest absolute Gasteiger partial charge is 0.349 e. The number of hydrogen-bond acceptors (Lipinski definition) is 6. The Hall–Kier alpha value is -4.13. The van der Waals surface area contributed by atoms with Gasteiger partial charge in [0.25, 0.3) is 5.91 Å². The van der Waals surface area contributed by atoms with Crippen LogP contribution in [0.5, 0.6) is 5.75 Å². The van der Waals surface area contributed by atoms with Gasteiger partial charge < -0.3 is 30.9 Å². The maximum absolute atomic E-state index is 14.9. The summed E-state index contributed by atoms with van der Waals surface area (Å²) in [5.41, 5.74) is -0.639. The van der Waals surface area contributed by atoms with Crippen LogP contribution in [0.2, 0.25) is 0 Å². The highest BCUT2D eigenvalue weighted by Gasteiger charge is 2.42. The minimum absolute atomic E-state index is 0.0125. The fourth-order valence-electron chi connectivity index (χ4n) is 4.19. The monoisotopic (exact) mass is 577 g/mol. The maximum Gasteiger partial charge on any atom is 0.349 e. The molecule has 0 spiro atoms. The van der Waals surface area contributed by atoms with E-state index in [4.69, 9.17) is 0 Å². The highest BCUT2D eigenvalue weighted by molar-refractivity contribution is 5.98. The molecule has 2 aromatic rings. The van der Waals surface area contributed by atoms with Crippen molar-refractivity contribution < 1.29 is 37.5 Å². The summed E-state index contributed by atoms with van der Waals surface area (Å²) in [6.45, 7) is 5.19. The second-order valence-corrected chi connectivity index (χ2v) is 9.93. The number of alkyl halides is 2. The first-order valence-electron chi connectivity index (χ1n) is 13.2. The first-order chi connectivity index (χ1) is 19.3. The molecule has 0 aliphatic carbocycles. The average molecular weight is 578 g/mol. The zero-order chi connectivity index (χ0) is 30.3. The number of anilines is 1. The zero-order valence-electron chi connectivity index (χ0n) is 23.0. The van der Waals surface area contributed by atoms with E-state index in [1.807, 2.05) is 12.4 Å². The molecule has 0 bridgehead atoms. The van der Waals surface area contributed by atoms with Crippen LogP contribution in [-0.2, 0) is 31.5 Å². The number of carbonyl (C=O) groups is 4. The number of amides is 4. The average Bonchev–Trinajstić information content (AvgIpc) is 2.93. The molecule has 1 aliphatic rings. The molecule has 10 nitrogen and oxygen atoms in total. The molecule has 1 fully saturated rings. The number of rotatable bonds is 10. The molecule has 222 valence electrons. The standard InChI is InChI=1S/C28H34F3N5O5/c1-4-24(38)33-23(26(40)36-12-10-35(3)11-13-36)15-18-8-9-22(21(29)14-18)34-25(39)17(2)32-27(41)28(30,31)19-6-5-7-20(37)16-19/h5-9,14,16-17,23,37H,4,10-13,15H2,1-3H3,(H,32,41)(H,33,38)(H,34,39)/t17-,23+/m0/s1. The van der Waals surface area contributed by atoms with E-state index in [1.54, 1.807) is 11.8 Å². The first kappa shape index (κ1) is 31.4. The summed E-state index contributed by atoms with van der Waals surface area (Å²) in [6, 6.07) is 5.47. The number of hydrogen-bond donors (Lipinski definition) is 4. The molecular weight excluding hydrogens is 543 g/mol. The lowest BCUT2D eigenvalue weighted by Crippen LogP contribution is -2.54. The molecule has 2 aromatic carbocycles. The summed E-state index contributed by atoms with van der Waals surface area (Å²) in [5.74, 6) is -8.67. The number of phenolic OH excluding ortho intramolecular Hbond substituents is 1. The van der Waals surface area contributed by atoms with Crippen LogP contribution in [0.4, 0.5) is 18.9 Å². The van der Waals surface area contributed by atoms with E-state index in [9.17, 15) is 37.5 Å². The highest BCUT2D eigenvalue weighted by Crippen LogP contribution is 2.30. The van der Waals surface area contributed by atoms with Gasteiger partial charge in [0, 0.05) is 44.6 Å². The summed E-state index contributed by atoms with van der Waals surface area (Å²) in [4.78, 5) is 53.7. The van der Waals surface area contributed by atoms with E-state index in [1.165, 1.54) is 18.2 Å². The molecule has 1 aliphatic heterocycles. The van der Waals surface area contributed by atoms with Gasteiger partial charge in [-0.3, -0.25) is 19.2 Å². The highest BCUT2D eigenvalue weighted by atomic mass is 19.3. The molecule has 2 atom stereocenters. The number of phenols is 1. The van der Waals surface area contributed by atoms with Crippen LogP contribution in [0.1, 0.15) is 31.4 Å². The van der Waals surface area contributed by atoms with Crippen LogP contribution in [0.15, 0.2) is 42.5 Å². The summed E-state index contributed by atoms with van der Waals surface area (Å²) in [7, 11) is 1.95. The van der Waals surface area contributed by atoms with E-state index in [0.717, 1.165) is 31.2 Å². The number of carbonyl (C=O) groups excluding carboxylic acids is 4. The Bertz CT molecular complexity index is 1280. The van der Waals surface area contributed by atoms with Crippen LogP contribution in [-0.4, -0.2) is 83.8 Å². The molecule has 13 heteroatoms. The van der Waals surface area contributed by atoms with Gasteiger partial charge >= 0.3 is 5.92 Å². The van der Waals surface area contributed by atoms with Crippen molar-refractivity contribution in [3.63, 3.8) is 0 Å². The molecular formula is C28H34F3N5O5. The van der Waals surface area contributed by atoms with Gasteiger partial charge in [-0.05, 0) is 43.8 Å². The van der Waals surface area contributed by atoms with Crippen molar-refractivity contribution in [3.05, 3.63) is 59.4 Å². The molecule has 3 rings (SSSR count). The van der Waals surface area contributed by atoms with E-state index >= 15 is 0 Å². The number of benzene rings is 2. The van der Waals surface area contributed by atoms with E-state index in [0.29, 0.717) is 31.7 Å². The van der Waals surface area contributed by atoms with Crippen LogP contribution in [0.25, 0.3) is 0 Å². The van der Waals surface area contributed by atoms with Gasteiger partial charge in [-0.15, -0.1) is 0 Å². The van der Waals surface area contributed by atoms with Crippen LogP contribution in [0.3, 0.4) is 0 Å². The lowest BCUT2D eigenvalue weighted by atomic mass is 10.0. The fraction of sp³-hybridized carbons (Fsp3) is 0.429. The lowest BCUT2D eigenvalue weighted by Gasteiger charge is -2.34. The molecule has 4 N–H and O–H groups in total. The summed E-state index contributed by atoms with van der Waals surface area (Å²) < 4.78 is 44.0. The van der Waals surface area contributed by atoms with Crippen molar-refractivity contribution in [1.82, 2.24) is 20.4 Å². The number of likely N-dealkylation sites (N-methyl/N-ethyl adjacent to an activating group) is 1. The quantitative estimate of drug-likeness (QED) is 0.342. The van der Waals surface area contributed by atoms with Crippen LogP contribution >= 0.6 is 0 Å². The SMILES string of the molecule is CCC(=O)N[C@H](Cc1ccc(NC(=O)[C@H](C)NC(=O)C(F)(F)c2cccc(O)c2)c(F)c1)C(=O)N1CCN(C)CC1. The second-order valence-electron chi connectivity index (χ2n) is 9.93. The van der Waals surface area contributed by atoms with E-state index < -0.39 is 47.0 Å². The largest absolute Gasteiger partial charge is 0.508 e. The molecule has 1 heterocycles. The third-order valence-electron chi connectivity index (χ3n) is 6.74. The Morgan fingerprint density at radius 2 is 1.71 bits per heavy atom. The van der Waals surface area contributed by atoms with Gasteiger partial charge in [0.2, 0.25) is 17.7 Å². The van der Waals surface area contributed by atoms with Crippen LogP contribution < -0.4 is 16.0 Å². The zero-order valence-corrected chi connectivity index (χ0v) is 23.0. The van der Waals surface area contributed by atoms with Gasteiger partial charge in [0.1, 0.15) is 23.7 Å². The lowest BCUT2D eigenvalue weighted by molar-refractivity contribution is -0.148. The van der Waals surface area contributed by atoms with Crippen molar-refractivity contribution in [1.29, 1.82) is 0 Å².